The fraction of sp³-hybridized carbons (Fsp3) is 0.520. The maximum Gasteiger partial charge on any atom is 0.243 e. The summed E-state index contributed by atoms with van der Waals surface area (Å²) in [5.41, 5.74) is 3.05. The Morgan fingerprint density at radius 2 is 1.97 bits per heavy atom. The molecule has 2 fully saturated rings. The van der Waals surface area contributed by atoms with Gasteiger partial charge < -0.3 is 10.2 Å². The molecule has 1 saturated heterocycles. The molecular formula is C25H32N6OS. The molecule has 1 atom stereocenters. The van der Waals surface area contributed by atoms with Gasteiger partial charge in [-0.1, -0.05) is 41.7 Å². The molecule has 33 heavy (non-hydrogen) atoms. The van der Waals surface area contributed by atoms with Crippen LogP contribution in [0.4, 0.5) is 5.13 Å². The number of rotatable bonds is 8. The van der Waals surface area contributed by atoms with E-state index in [0.29, 0.717) is 25.0 Å². The molecule has 7 nitrogen and oxygen atoms in total. The number of nitrogens with zero attached hydrogens (tertiary/aromatic N) is 5. The largest absolute Gasteiger partial charge is 0.350 e. The SMILES string of the molecule is CC(C)N(C)Cc1nc(C2CC2)c2sc(N3CCC[C@@H]3C(=O)NCc3ccccc3)nc2n1. The van der Waals surface area contributed by atoms with Crippen molar-refractivity contribution >= 4 is 32.7 Å². The van der Waals surface area contributed by atoms with Gasteiger partial charge in [-0.05, 0) is 52.1 Å². The molecule has 3 aromatic rings. The molecule has 0 unspecified atom stereocenters. The average molecular weight is 465 g/mol. The summed E-state index contributed by atoms with van der Waals surface area (Å²) in [4.78, 5) is 32.2. The van der Waals surface area contributed by atoms with Crippen molar-refractivity contribution in [2.75, 3.05) is 18.5 Å². The number of anilines is 1. The number of hydrogen-bond acceptors (Lipinski definition) is 7. The molecule has 1 aromatic carbocycles. The van der Waals surface area contributed by atoms with Gasteiger partial charge in [0.05, 0.1) is 16.9 Å². The molecule has 0 bridgehead atoms. The molecule has 1 N–H and O–H groups in total. The minimum atomic E-state index is -0.182. The van der Waals surface area contributed by atoms with Gasteiger partial charge in [0.15, 0.2) is 10.8 Å². The van der Waals surface area contributed by atoms with Crippen LogP contribution in [0.2, 0.25) is 0 Å². The van der Waals surface area contributed by atoms with E-state index in [0.717, 1.165) is 51.9 Å². The third kappa shape index (κ3) is 4.87. The maximum atomic E-state index is 13.0. The third-order valence-electron chi connectivity index (χ3n) is 6.66. The lowest BCUT2D eigenvalue weighted by Gasteiger charge is -2.23. The fourth-order valence-corrected chi connectivity index (χ4v) is 5.43. The Balaban J connectivity index is 1.38. The van der Waals surface area contributed by atoms with E-state index in [2.05, 4.69) is 36.0 Å². The fourth-order valence-electron chi connectivity index (χ4n) is 4.28. The average Bonchev–Trinajstić information content (AvgIpc) is 3.37. The number of amides is 1. The second-order valence-corrected chi connectivity index (χ2v) is 10.5. The van der Waals surface area contributed by atoms with E-state index in [1.54, 1.807) is 11.3 Å². The zero-order valence-electron chi connectivity index (χ0n) is 19.6. The van der Waals surface area contributed by atoms with Crippen LogP contribution in [-0.4, -0.2) is 51.4 Å². The molecule has 5 rings (SSSR count). The van der Waals surface area contributed by atoms with Crippen LogP contribution in [0.3, 0.4) is 0 Å². The molecule has 3 heterocycles. The summed E-state index contributed by atoms with van der Waals surface area (Å²) < 4.78 is 1.10. The molecule has 1 saturated carbocycles. The van der Waals surface area contributed by atoms with Crippen LogP contribution in [0.15, 0.2) is 30.3 Å². The van der Waals surface area contributed by atoms with E-state index in [9.17, 15) is 4.79 Å². The van der Waals surface area contributed by atoms with Crippen LogP contribution >= 0.6 is 11.3 Å². The third-order valence-corrected chi connectivity index (χ3v) is 7.77. The van der Waals surface area contributed by atoms with E-state index in [-0.39, 0.29) is 11.9 Å². The molecule has 1 amide bonds. The maximum absolute atomic E-state index is 13.0. The number of fused-ring (bicyclic) bond motifs is 1. The first kappa shape index (κ1) is 22.2. The van der Waals surface area contributed by atoms with E-state index in [1.165, 1.54) is 12.8 Å². The van der Waals surface area contributed by atoms with Crippen molar-refractivity contribution in [3.05, 3.63) is 47.4 Å². The predicted molar refractivity (Wildman–Crippen MR) is 132 cm³/mol. The lowest BCUT2D eigenvalue weighted by molar-refractivity contribution is -0.122. The Labute approximate surface area is 199 Å². The molecule has 0 spiro atoms. The van der Waals surface area contributed by atoms with E-state index >= 15 is 0 Å². The minimum absolute atomic E-state index is 0.0726. The van der Waals surface area contributed by atoms with Crippen LogP contribution < -0.4 is 10.2 Å². The Bertz CT molecular complexity index is 1130. The normalized spacial score (nSPS) is 18.6. The molecule has 1 aliphatic carbocycles. The van der Waals surface area contributed by atoms with Gasteiger partial charge in [-0.2, -0.15) is 4.98 Å². The second kappa shape index (κ2) is 9.35. The van der Waals surface area contributed by atoms with Crippen molar-refractivity contribution in [2.45, 2.75) is 70.6 Å². The van der Waals surface area contributed by atoms with Gasteiger partial charge in [-0.3, -0.25) is 9.69 Å². The van der Waals surface area contributed by atoms with Crippen LogP contribution in [0, 0.1) is 0 Å². The topological polar surface area (TPSA) is 74.2 Å². The van der Waals surface area contributed by atoms with Crippen LogP contribution in [-0.2, 0) is 17.9 Å². The Hall–Kier alpha value is -2.58. The van der Waals surface area contributed by atoms with Crippen LogP contribution in [0.25, 0.3) is 10.3 Å². The first-order valence-electron chi connectivity index (χ1n) is 12.0. The highest BCUT2D eigenvalue weighted by Crippen LogP contribution is 2.44. The van der Waals surface area contributed by atoms with Gasteiger partial charge >= 0.3 is 0 Å². The molecule has 1 aliphatic heterocycles. The summed E-state index contributed by atoms with van der Waals surface area (Å²) >= 11 is 1.66. The smallest absolute Gasteiger partial charge is 0.243 e. The van der Waals surface area contributed by atoms with E-state index in [4.69, 9.17) is 15.0 Å². The zero-order chi connectivity index (χ0) is 22.9. The van der Waals surface area contributed by atoms with Gasteiger partial charge in [0.1, 0.15) is 11.9 Å². The van der Waals surface area contributed by atoms with Gasteiger partial charge in [-0.15, -0.1) is 0 Å². The number of aromatic nitrogens is 3. The van der Waals surface area contributed by atoms with Crippen LogP contribution in [0.1, 0.15) is 62.5 Å². The molecule has 2 aromatic heterocycles. The number of carbonyl (C=O) groups is 1. The summed E-state index contributed by atoms with van der Waals surface area (Å²) in [7, 11) is 2.10. The lowest BCUT2D eigenvalue weighted by atomic mass is 10.2. The first-order valence-corrected chi connectivity index (χ1v) is 12.8. The molecular weight excluding hydrogens is 432 g/mol. The molecule has 8 heteroatoms. The van der Waals surface area contributed by atoms with E-state index < -0.39 is 0 Å². The number of benzene rings is 1. The monoisotopic (exact) mass is 464 g/mol. The Morgan fingerprint density at radius 1 is 1.18 bits per heavy atom. The number of thiazole rings is 1. The molecule has 174 valence electrons. The van der Waals surface area contributed by atoms with Gasteiger partial charge in [0.25, 0.3) is 0 Å². The summed E-state index contributed by atoms with van der Waals surface area (Å²) in [5.74, 6) is 1.44. The van der Waals surface area contributed by atoms with Crippen molar-refractivity contribution < 1.29 is 4.79 Å². The predicted octanol–water partition coefficient (Wildman–Crippen LogP) is 4.09. The minimum Gasteiger partial charge on any atom is -0.350 e. The quantitative estimate of drug-likeness (QED) is 0.541. The van der Waals surface area contributed by atoms with Crippen molar-refractivity contribution in [1.29, 1.82) is 0 Å². The zero-order valence-corrected chi connectivity index (χ0v) is 20.4. The summed E-state index contributed by atoms with van der Waals surface area (Å²) in [6.07, 6.45) is 4.22. The Morgan fingerprint density at radius 3 is 2.70 bits per heavy atom. The Kier molecular flexibility index (Phi) is 6.29. The number of carbonyl (C=O) groups excluding carboxylic acids is 1. The van der Waals surface area contributed by atoms with Gasteiger partial charge in [0.2, 0.25) is 5.91 Å². The molecule has 2 aliphatic rings. The highest BCUT2D eigenvalue weighted by molar-refractivity contribution is 7.22. The lowest BCUT2D eigenvalue weighted by Crippen LogP contribution is -2.43. The van der Waals surface area contributed by atoms with Gasteiger partial charge in [0, 0.05) is 25.0 Å². The highest BCUT2D eigenvalue weighted by Gasteiger charge is 2.34. The number of nitrogens with one attached hydrogen (secondary N) is 1. The van der Waals surface area contributed by atoms with Crippen molar-refractivity contribution in [3.8, 4) is 0 Å². The number of hydrogen-bond donors (Lipinski definition) is 1. The molecule has 0 radical (unpaired) electrons. The van der Waals surface area contributed by atoms with Gasteiger partial charge in [-0.25, -0.2) is 9.97 Å². The van der Waals surface area contributed by atoms with E-state index in [1.807, 2.05) is 30.3 Å². The summed E-state index contributed by atoms with van der Waals surface area (Å²) in [5, 5.41) is 4.01. The highest BCUT2D eigenvalue weighted by atomic mass is 32.1. The van der Waals surface area contributed by atoms with Crippen molar-refractivity contribution in [1.82, 2.24) is 25.2 Å². The van der Waals surface area contributed by atoms with Crippen molar-refractivity contribution in [2.24, 2.45) is 0 Å². The summed E-state index contributed by atoms with van der Waals surface area (Å²) in [6.45, 7) is 6.47. The first-order chi connectivity index (χ1) is 16.0. The second-order valence-electron chi connectivity index (χ2n) is 9.51. The van der Waals surface area contributed by atoms with Crippen molar-refractivity contribution in [3.63, 3.8) is 0 Å². The summed E-state index contributed by atoms with van der Waals surface area (Å²) in [6, 6.07) is 10.3. The standard InChI is InChI=1S/C25H32N6OS/c1-16(2)30(3)15-20-27-21(18-11-12-18)22-23(28-20)29-25(33-22)31-13-7-10-19(31)24(32)26-14-17-8-5-4-6-9-17/h4-6,8-9,16,18-19H,7,10-15H2,1-3H3,(H,26,32)/t19-/m1/s1. The van der Waals surface area contributed by atoms with Crippen LogP contribution in [0.5, 0.6) is 0 Å².